The summed E-state index contributed by atoms with van der Waals surface area (Å²) < 4.78 is 4.77. The number of hydrogen-bond donors (Lipinski definition) is 3. The van der Waals surface area contributed by atoms with E-state index in [1.807, 2.05) is 18.2 Å². The Hall–Kier alpha value is -4.41. The number of aromatic nitrogens is 5. The first-order valence-electron chi connectivity index (χ1n) is 8.02. The Balaban J connectivity index is 1.69. The predicted octanol–water partition coefficient (Wildman–Crippen LogP) is 2.57. The van der Waals surface area contributed by atoms with E-state index in [0.717, 1.165) is 17.6 Å². The summed E-state index contributed by atoms with van der Waals surface area (Å²) in [6.07, 6.45) is 1.08. The van der Waals surface area contributed by atoms with Crippen molar-refractivity contribution in [3.05, 3.63) is 52.4 Å². The van der Waals surface area contributed by atoms with Crippen molar-refractivity contribution in [1.82, 2.24) is 25.3 Å². The molecule has 5 rings (SSSR count). The molecular formula is C17H9N7O4. The number of nitrogens with one attached hydrogen (secondary N) is 2. The van der Waals surface area contributed by atoms with Crippen LogP contribution in [0.15, 0.2) is 56.2 Å². The Morgan fingerprint density at radius 3 is 2.79 bits per heavy atom. The highest BCUT2D eigenvalue weighted by atomic mass is 16.6. The minimum Gasteiger partial charge on any atom is -0.507 e. The minimum atomic E-state index is -0.822. The van der Waals surface area contributed by atoms with Gasteiger partial charge in [0.1, 0.15) is 28.0 Å². The number of carbonyl (C=O) groups is 1. The minimum absolute atomic E-state index is 0.177. The van der Waals surface area contributed by atoms with Gasteiger partial charge in [-0.2, -0.15) is 5.16 Å². The van der Waals surface area contributed by atoms with Crippen LogP contribution in [0.3, 0.4) is 0 Å². The van der Waals surface area contributed by atoms with Gasteiger partial charge in [-0.3, -0.25) is 14.2 Å². The molecule has 0 saturated heterocycles. The molecule has 11 nitrogen and oxygen atoms in total. The van der Waals surface area contributed by atoms with Crippen LogP contribution in [-0.4, -0.2) is 36.3 Å². The average molecular weight is 375 g/mol. The molecule has 2 aromatic carbocycles. The largest absolute Gasteiger partial charge is 0.507 e. The molecular weight excluding hydrogens is 366 g/mol. The third-order valence-electron chi connectivity index (χ3n) is 4.19. The summed E-state index contributed by atoms with van der Waals surface area (Å²) in [5.74, 6) is -1.30. The fraction of sp³-hybridized carbons (Fsp3) is 0. The number of azo groups is 1. The first-order valence-corrected chi connectivity index (χ1v) is 8.02. The number of benzene rings is 1. The SMILES string of the molecule is O=C(N=Nc1c2ccccc2c2nc3no[nH]c3nc12)c1c[nH]c(=O)cc1O. The van der Waals surface area contributed by atoms with Crippen molar-refractivity contribution in [3.8, 4) is 5.75 Å². The van der Waals surface area contributed by atoms with E-state index in [4.69, 9.17) is 4.63 Å². The van der Waals surface area contributed by atoms with Crippen LogP contribution >= 0.6 is 0 Å². The van der Waals surface area contributed by atoms with E-state index in [9.17, 15) is 14.7 Å². The van der Waals surface area contributed by atoms with Crippen LogP contribution in [0, 0.1) is 0 Å². The van der Waals surface area contributed by atoms with Crippen molar-refractivity contribution >= 4 is 44.7 Å². The average Bonchev–Trinajstić information content (AvgIpc) is 3.26. The summed E-state index contributed by atoms with van der Waals surface area (Å²) in [5, 5.41) is 25.2. The van der Waals surface area contributed by atoms with Gasteiger partial charge in [-0.25, -0.2) is 9.97 Å². The first-order chi connectivity index (χ1) is 13.6. The van der Waals surface area contributed by atoms with E-state index in [1.54, 1.807) is 6.07 Å². The molecule has 0 radical (unpaired) electrons. The van der Waals surface area contributed by atoms with Crippen molar-refractivity contribution in [3.63, 3.8) is 0 Å². The first kappa shape index (κ1) is 15.8. The molecule has 136 valence electrons. The second-order valence-corrected chi connectivity index (χ2v) is 5.87. The molecule has 3 aromatic heterocycles. The molecule has 0 fully saturated rings. The van der Waals surface area contributed by atoms with Gasteiger partial charge in [0.15, 0.2) is 0 Å². The van der Waals surface area contributed by atoms with Gasteiger partial charge in [-0.15, -0.1) is 10.2 Å². The molecule has 5 aromatic rings. The van der Waals surface area contributed by atoms with Gasteiger partial charge in [0.2, 0.25) is 11.3 Å². The second kappa shape index (κ2) is 5.81. The molecule has 0 aliphatic rings. The number of pyridine rings is 1. The molecule has 3 N–H and O–H groups in total. The number of H-pyrrole nitrogens is 2. The number of amides is 1. The highest BCUT2D eigenvalue weighted by Crippen LogP contribution is 2.38. The van der Waals surface area contributed by atoms with Crippen LogP contribution in [0.5, 0.6) is 5.75 Å². The lowest BCUT2D eigenvalue weighted by molar-refractivity contribution is 0.0992. The summed E-state index contributed by atoms with van der Waals surface area (Å²) in [5.41, 5.74) is 1.21. The van der Waals surface area contributed by atoms with Crippen LogP contribution in [0.4, 0.5) is 5.69 Å². The summed E-state index contributed by atoms with van der Waals surface area (Å²) in [4.78, 5) is 34.6. The lowest BCUT2D eigenvalue weighted by Gasteiger charge is -1.97. The number of hydrogen-bond acceptors (Lipinski definition) is 8. The van der Waals surface area contributed by atoms with E-state index in [0.29, 0.717) is 33.4 Å². The molecule has 0 aliphatic heterocycles. The lowest BCUT2D eigenvalue weighted by atomic mass is 10.2. The van der Waals surface area contributed by atoms with Crippen molar-refractivity contribution in [1.29, 1.82) is 0 Å². The number of aromatic hydroxyl groups is 1. The molecule has 3 heterocycles. The van der Waals surface area contributed by atoms with Crippen LogP contribution in [0.25, 0.3) is 33.1 Å². The highest BCUT2D eigenvalue weighted by Gasteiger charge is 2.18. The lowest BCUT2D eigenvalue weighted by Crippen LogP contribution is -2.06. The van der Waals surface area contributed by atoms with Gasteiger partial charge >= 0.3 is 5.91 Å². The number of nitrogens with zero attached hydrogens (tertiary/aromatic N) is 5. The summed E-state index contributed by atoms with van der Waals surface area (Å²) in [6, 6.07) is 8.19. The number of rotatable bonds is 2. The molecule has 0 atom stereocenters. The molecule has 0 saturated carbocycles. The monoisotopic (exact) mass is 375 g/mol. The molecule has 0 aliphatic carbocycles. The van der Waals surface area contributed by atoms with Crippen LogP contribution < -0.4 is 5.56 Å². The number of fused-ring (bicyclic) bond motifs is 4. The zero-order valence-corrected chi connectivity index (χ0v) is 13.9. The Morgan fingerprint density at radius 1 is 1.14 bits per heavy atom. The predicted molar refractivity (Wildman–Crippen MR) is 96.5 cm³/mol. The number of carbonyl (C=O) groups excluding carboxylic acids is 1. The van der Waals surface area contributed by atoms with Crippen molar-refractivity contribution in [2.45, 2.75) is 0 Å². The second-order valence-electron chi connectivity index (χ2n) is 5.87. The van der Waals surface area contributed by atoms with Gasteiger partial charge in [-0.1, -0.05) is 24.3 Å². The summed E-state index contributed by atoms with van der Waals surface area (Å²) >= 11 is 0. The van der Waals surface area contributed by atoms with Crippen molar-refractivity contribution in [2.75, 3.05) is 0 Å². The maximum absolute atomic E-state index is 12.3. The van der Waals surface area contributed by atoms with Gasteiger partial charge in [0.25, 0.3) is 5.56 Å². The third-order valence-corrected chi connectivity index (χ3v) is 4.19. The van der Waals surface area contributed by atoms with E-state index in [2.05, 4.69) is 35.5 Å². The Kier molecular flexibility index (Phi) is 3.28. The molecule has 0 spiro atoms. The topological polar surface area (TPSA) is 162 Å². The van der Waals surface area contributed by atoms with E-state index in [-0.39, 0.29) is 5.56 Å². The normalized spacial score (nSPS) is 11.9. The maximum atomic E-state index is 12.3. The van der Waals surface area contributed by atoms with Crippen molar-refractivity contribution in [2.24, 2.45) is 10.2 Å². The van der Waals surface area contributed by atoms with Gasteiger partial charge < -0.3 is 10.1 Å². The van der Waals surface area contributed by atoms with Gasteiger partial charge in [0.05, 0.1) is 0 Å². The third kappa shape index (κ3) is 2.34. The highest BCUT2D eigenvalue weighted by molar-refractivity contribution is 6.18. The molecule has 28 heavy (non-hydrogen) atoms. The molecule has 0 bridgehead atoms. The zero-order valence-electron chi connectivity index (χ0n) is 13.9. The van der Waals surface area contributed by atoms with E-state index < -0.39 is 17.2 Å². The molecule has 0 unspecified atom stereocenters. The molecule has 1 amide bonds. The fourth-order valence-corrected chi connectivity index (χ4v) is 2.93. The van der Waals surface area contributed by atoms with Gasteiger partial charge in [0, 0.05) is 23.0 Å². The van der Waals surface area contributed by atoms with Crippen LogP contribution in [-0.2, 0) is 0 Å². The Labute approximate surface area is 153 Å². The smallest absolute Gasteiger partial charge is 0.300 e. The van der Waals surface area contributed by atoms with E-state index in [1.165, 1.54) is 0 Å². The zero-order chi connectivity index (χ0) is 19.3. The quantitative estimate of drug-likeness (QED) is 0.399. The van der Waals surface area contributed by atoms with Gasteiger partial charge in [-0.05, 0) is 5.16 Å². The van der Waals surface area contributed by atoms with E-state index >= 15 is 0 Å². The van der Waals surface area contributed by atoms with Crippen molar-refractivity contribution < 1.29 is 14.5 Å². The fourth-order valence-electron chi connectivity index (χ4n) is 2.93. The molecule has 11 heteroatoms. The number of aromatic amines is 2. The Bertz CT molecular complexity index is 1480. The summed E-state index contributed by atoms with van der Waals surface area (Å²) in [6.45, 7) is 0. The maximum Gasteiger partial charge on any atom is 0.300 e. The van der Waals surface area contributed by atoms with Crippen LogP contribution in [0.1, 0.15) is 10.4 Å². The van der Waals surface area contributed by atoms with Crippen LogP contribution in [0.2, 0.25) is 0 Å². The summed E-state index contributed by atoms with van der Waals surface area (Å²) in [7, 11) is 0. The standard InChI is InChI=1S/C17H9N7O4/c25-10-5-11(26)18-6-9(10)17(27)22-21-13-8-4-2-1-3-7(8)12-14(13)20-16-15(19-12)23-28-24-16/h1-6H,(H,20,24)(H2,18,25,26). The Morgan fingerprint density at radius 2 is 1.96 bits per heavy atom.